The predicted molar refractivity (Wildman–Crippen MR) is 91.3 cm³/mol. The fourth-order valence-electron chi connectivity index (χ4n) is 3.09. The molecule has 0 bridgehead atoms. The van der Waals surface area contributed by atoms with Crippen molar-refractivity contribution in [3.8, 4) is 0 Å². The first-order valence-electron chi connectivity index (χ1n) is 8.21. The molecule has 2 aromatic rings. The molecule has 27 heavy (non-hydrogen) atoms. The number of aromatic amines is 1. The lowest BCUT2D eigenvalue weighted by atomic mass is 9.89. The minimum absolute atomic E-state index is 0.0791. The van der Waals surface area contributed by atoms with Crippen molar-refractivity contribution in [2.75, 3.05) is 24.7 Å². The summed E-state index contributed by atoms with van der Waals surface area (Å²) in [6.45, 7) is 0.604. The van der Waals surface area contributed by atoms with Crippen LogP contribution < -0.4 is 5.32 Å². The number of nitrogens with one attached hydrogen (secondary N) is 2. The highest BCUT2D eigenvalue weighted by Crippen LogP contribution is 2.29. The SMILES string of the molecule is CS(=O)(=O)N1CC[C@H](Nc2ncc(C(F)(F)F)cn2)[C@H](Cc2cnc[nH]2)C1. The molecular weight excluding hydrogens is 385 g/mol. The maximum Gasteiger partial charge on any atom is 0.419 e. The molecule has 8 nitrogen and oxygen atoms in total. The van der Waals surface area contributed by atoms with Crippen molar-refractivity contribution in [3.05, 3.63) is 36.2 Å². The van der Waals surface area contributed by atoms with Crippen LogP contribution in [0.4, 0.5) is 19.1 Å². The van der Waals surface area contributed by atoms with Gasteiger partial charge in [-0.15, -0.1) is 0 Å². The number of nitrogens with zero attached hydrogens (tertiary/aromatic N) is 4. The highest BCUT2D eigenvalue weighted by atomic mass is 32.2. The summed E-state index contributed by atoms with van der Waals surface area (Å²) >= 11 is 0. The van der Waals surface area contributed by atoms with Crippen LogP contribution >= 0.6 is 0 Å². The fraction of sp³-hybridized carbons (Fsp3) is 0.533. The van der Waals surface area contributed by atoms with E-state index in [1.807, 2.05) is 0 Å². The van der Waals surface area contributed by atoms with Gasteiger partial charge >= 0.3 is 6.18 Å². The van der Waals surface area contributed by atoms with Gasteiger partial charge in [0.05, 0.1) is 18.1 Å². The van der Waals surface area contributed by atoms with Crippen molar-refractivity contribution in [1.29, 1.82) is 0 Å². The highest BCUT2D eigenvalue weighted by Gasteiger charge is 2.34. The molecule has 148 valence electrons. The molecule has 1 aliphatic heterocycles. The van der Waals surface area contributed by atoms with Crippen molar-refractivity contribution in [2.45, 2.75) is 25.1 Å². The molecule has 0 unspecified atom stereocenters. The molecule has 3 heterocycles. The summed E-state index contributed by atoms with van der Waals surface area (Å²) in [4.78, 5) is 14.4. The average molecular weight is 404 g/mol. The Labute approximate surface area is 154 Å². The zero-order valence-electron chi connectivity index (χ0n) is 14.4. The van der Waals surface area contributed by atoms with Gasteiger partial charge in [0.1, 0.15) is 0 Å². The quantitative estimate of drug-likeness (QED) is 0.783. The number of H-pyrrole nitrogens is 1. The molecule has 1 saturated heterocycles. The number of piperidine rings is 1. The molecule has 0 spiro atoms. The lowest BCUT2D eigenvalue weighted by Gasteiger charge is -2.37. The van der Waals surface area contributed by atoms with Gasteiger partial charge in [0.15, 0.2) is 0 Å². The van der Waals surface area contributed by atoms with Crippen LogP contribution in [0, 0.1) is 5.92 Å². The molecule has 3 rings (SSSR count). The molecule has 2 atom stereocenters. The highest BCUT2D eigenvalue weighted by molar-refractivity contribution is 7.88. The summed E-state index contributed by atoms with van der Waals surface area (Å²) in [5, 5.41) is 3.05. The van der Waals surface area contributed by atoms with E-state index in [2.05, 4.69) is 25.3 Å². The van der Waals surface area contributed by atoms with E-state index in [4.69, 9.17) is 0 Å². The van der Waals surface area contributed by atoms with E-state index in [1.165, 1.54) is 10.6 Å². The summed E-state index contributed by atoms with van der Waals surface area (Å²) in [6.07, 6.45) is 2.32. The molecule has 1 fully saturated rings. The van der Waals surface area contributed by atoms with E-state index in [0.29, 0.717) is 19.4 Å². The number of halogens is 3. The van der Waals surface area contributed by atoms with Crippen molar-refractivity contribution < 1.29 is 21.6 Å². The zero-order chi connectivity index (χ0) is 19.7. The molecule has 2 N–H and O–H groups in total. The summed E-state index contributed by atoms with van der Waals surface area (Å²) in [7, 11) is -3.33. The third-order valence-corrected chi connectivity index (χ3v) is 5.77. The monoisotopic (exact) mass is 404 g/mol. The summed E-state index contributed by atoms with van der Waals surface area (Å²) in [5.74, 6) is -0.0461. The lowest BCUT2D eigenvalue weighted by molar-refractivity contribution is -0.138. The third kappa shape index (κ3) is 4.95. The Kier molecular flexibility index (Phi) is 5.38. The fourth-order valence-corrected chi connectivity index (χ4v) is 3.99. The van der Waals surface area contributed by atoms with Gasteiger partial charge in [0, 0.05) is 43.4 Å². The van der Waals surface area contributed by atoms with E-state index in [1.54, 1.807) is 6.20 Å². The Morgan fingerprint density at radius 3 is 2.56 bits per heavy atom. The first-order valence-corrected chi connectivity index (χ1v) is 10.1. The molecule has 0 aromatic carbocycles. The van der Waals surface area contributed by atoms with Crippen molar-refractivity contribution in [3.63, 3.8) is 0 Å². The van der Waals surface area contributed by atoms with Crippen molar-refractivity contribution in [1.82, 2.24) is 24.2 Å². The molecular formula is C15H19F3N6O2S. The van der Waals surface area contributed by atoms with Crippen LogP contribution in [0.3, 0.4) is 0 Å². The molecule has 1 aliphatic rings. The molecule has 0 radical (unpaired) electrons. The van der Waals surface area contributed by atoms with Crippen LogP contribution in [-0.2, 0) is 22.6 Å². The largest absolute Gasteiger partial charge is 0.419 e. The number of anilines is 1. The summed E-state index contributed by atoms with van der Waals surface area (Å²) < 4.78 is 63.1. The van der Waals surface area contributed by atoms with E-state index < -0.39 is 21.8 Å². The number of hydrogen-bond acceptors (Lipinski definition) is 6. The van der Waals surface area contributed by atoms with Gasteiger partial charge in [-0.05, 0) is 18.8 Å². The third-order valence-electron chi connectivity index (χ3n) is 4.50. The maximum atomic E-state index is 12.6. The second-order valence-corrected chi connectivity index (χ2v) is 8.48. The minimum Gasteiger partial charge on any atom is -0.351 e. The topological polar surface area (TPSA) is 104 Å². The predicted octanol–water partition coefficient (Wildman–Crippen LogP) is 1.52. The molecule has 12 heteroatoms. The van der Waals surface area contributed by atoms with Crippen LogP contribution in [0.2, 0.25) is 0 Å². The molecule has 0 saturated carbocycles. The second kappa shape index (κ2) is 7.43. The Morgan fingerprint density at radius 1 is 1.30 bits per heavy atom. The lowest BCUT2D eigenvalue weighted by Crippen LogP contribution is -2.49. The zero-order valence-corrected chi connectivity index (χ0v) is 15.3. The van der Waals surface area contributed by atoms with Gasteiger partial charge in [-0.1, -0.05) is 0 Å². The van der Waals surface area contributed by atoms with Gasteiger partial charge in [0.25, 0.3) is 0 Å². The van der Waals surface area contributed by atoms with E-state index >= 15 is 0 Å². The van der Waals surface area contributed by atoms with E-state index in [9.17, 15) is 21.6 Å². The standard InChI is InChI=1S/C15H19F3N6O2S/c1-27(25,26)24-3-2-13(10(8-24)4-12-7-19-9-22-12)23-14-20-5-11(6-21-14)15(16,17)18/h5-7,9-10,13H,2-4,8H2,1H3,(H,19,22)(H,20,21,23)/t10-,13+/m1/s1. The number of hydrogen-bond donors (Lipinski definition) is 2. The summed E-state index contributed by atoms with van der Waals surface area (Å²) in [6, 6.07) is -0.192. The van der Waals surface area contributed by atoms with Crippen molar-refractivity contribution in [2.24, 2.45) is 5.92 Å². The normalized spacial score (nSPS) is 21.9. The summed E-state index contributed by atoms with van der Waals surface area (Å²) in [5.41, 5.74) is -0.0792. The number of imidazole rings is 1. The van der Waals surface area contributed by atoms with Crippen LogP contribution in [0.15, 0.2) is 24.9 Å². The number of aromatic nitrogens is 4. The van der Waals surface area contributed by atoms with Gasteiger partial charge in [-0.3, -0.25) is 0 Å². The number of rotatable bonds is 5. The minimum atomic E-state index is -4.50. The van der Waals surface area contributed by atoms with Crippen LogP contribution in [-0.4, -0.2) is 58.0 Å². The molecule has 0 aliphatic carbocycles. The Hall–Kier alpha value is -2.21. The Bertz CT molecular complexity index is 855. The van der Waals surface area contributed by atoms with Crippen LogP contribution in [0.25, 0.3) is 0 Å². The molecule has 2 aromatic heterocycles. The van der Waals surface area contributed by atoms with E-state index in [0.717, 1.165) is 24.3 Å². The Balaban J connectivity index is 1.75. The second-order valence-electron chi connectivity index (χ2n) is 6.49. The smallest absolute Gasteiger partial charge is 0.351 e. The van der Waals surface area contributed by atoms with Crippen LogP contribution in [0.1, 0.15) is 17.7 Å². The van der Waals surface area contributed by atoms with Crippen LogP contribution in [0.5, 0.6) is 0 Å². The Morgan fingerprint density at radius 2 is 2.00 bits per heavy atom. The van der Waals surface area contributed by atoms with Gasteiger partial charge in [-0.2, -0.15) is 13.2 Å². The number of alkyl halides is 3. The van der Waals surface area contributed by atoms with E-state index in [-0.39, 0.29) is 24.5 Å². The van der Waals surface area contributed by atoms with Crippen molar-refractivity contribution >= 4 is 16.0 Å². The van der Waals surface area contributed by atoms with Gasteiger partial charge in [-0.25, -0.2) is 27.7 Å². The number of sulfonamides is 1. The average Bonchev–Trinajstić information content (AvgIpc) is 3.08. The van der Waals surface area contributed by atoms with Gasteiger partial charge < -0.3 is 10.3 Å². The molecule has 0 amide bonds. The van der Waals surface area contributed by atoms with Gasteiger partial charge in [0.2, 0.25) is 16.0 Å². The maximum absolute atomic E-state index is 12.6. The first kappa shape index (κ1) is 19.5. The first-order chi connectivity index (χ1) is 12.6.